The monoisotopic (exact) mass is 516 g/mol. The van der Waals surface area contributed by atoms with Crippen LogP contribution in [0.5, 0.6) is 11.5 Å². The van der Waals surface area contributed by atoms with Crippen molar-refractivity contribution < 1.29 is 40.6 Å². The highest BCUT2D eigenvalue weighted by atomic mass is 32.2. The number of hydrogen-bond acceptors (Lipinski definition) is 6. The highest BCUT2D eigenvalue weighted by Crippen LogP contribution is 2.32. The van der Waals surface area contributed by atoms with Gasteiger partial charge in [0.25, 0.3) is 10.0 Å². The van der Waals surface area contributed by atoms with E-state index in [1.165, 1.54) is 30.3 Å². The lowest BCUT2D eigenvalue weighted by Gasteiger charge is -2.29. The average Bonchev–Trinajstić information content (AvgIpc) is 2.78. The van der Waals surface area contributed by atoms with E-state index < -0.39 is 22.1 Å². The van der Waals surface area contributed by atoms with E-state index in [2.05, 4.69) is 14.8 Å². The lowest BCUT2D eigenvalue weighted by atomic mass is 9.86. The molecule has 8 nitrogen and oxygen atoms in total. The van der Waals surface area contributed by atoms with Gasteiger partial charge in [0.2, 0.25) is 5.91 Å². The molecule has 35 heavy (non-hydrogen) atoms. The normalized spacial score (nSPS) is 18.5. The Balaban J connectivity index is 1.81. The highest BCUT2D eigenvalue weighted by molar-refractivity contribution is 7.92. The van der Waals surface area contributed by atoms with Gasteiger partial charge in [0.05, 0.1) is 18.9 Å². The standard InChI is InChI=1S/C23H27F3N2O6S/c1-3-15-14-32-11-10-19(15)22(29)27-16-8-9-21(20(13-16)33-4-2)35(30,31)28-17-6-5-7-18(12-17)34-23(24,25)26/h5-9,12-13,15,19,28H,3-4,10-11,14H2,1-2H3,(H,27,29)/t15-,19-/m0/s1. The molecule has 0 bridgehead atoms. The van der Waals surface area contributed by atoms with Gasteiger partial charge in [-0.25, -0.2) is 8.42 Å². The van der Waals surface area contributed by atoms with Crippen molar-refractivity contribution >= 4 is 27.3 Å². The molecule has 0 aromatic heterocycles. The lowest BCUT2D eigenvalue weighted by molar-refractivity contribution is -0.274. The first-order valence-electron chi connectivity index (χ1n) is 11.1. The van der Waals surface area contributed by atoms with Gasteiger partial charge >= 0.3 is 6.36 Å². The second-order valence-corrected chi connectivity index (χ2v) is 9.55. The van der Waals surface area contributed by atoms with Crippen LogP contribution in [0.15, 0.2) is 47.4 Å². The minimum atomic E-state index is -4.91. The van der Waals surface area contributed by atoms with Gasteiger partial charge < -0.3 is 19.5 Å². The minimum Gasteiger partial charge on any atom is -0.492 e. The van der Waals surface area contributed by atoms with Crippen molar-refractivity contribution in [3.05, 3.63) is 42.5 Å². The first kappa shape index (κ1) is 26.6. The summed E-state index contributed by atoms with van der Waals surface area (Å²) in [4.78, 5) is 12.6. The van der Waals surface area contributed by atoms with Crippen molar-refractivity contribution in [2.75, 3.05) is 29.9 Å². The summed E-state index contributed by atoms with van der Waals surface area (Å²) in [7, 11) is -4.25. The van der Waals surface area contributed by atoms with Crippen molar-refractivity contribution in [1.29, 1.82) is 0 Å². The molecule has 0 saturated carbocycles. The predicted molar refractivity (Wildman–Crippen MR) is 123 cm³/mol. The van der Waals surface area contributed by atoms with Crippen LogP contribution in [0.4, 0.5) is 24.5 Å². The van der Waals surface area contributed by atoms with E-state index in [4.69, 9.17) is 9.47 Å². The van der Waals surface area contributed by atoms with Gasteiger partial charge in [-0.3, -0.25) is 9.52 Å². The smallest absolute Gasteiger partial charge is 0.492 e. The quantitative estimate of drug-likeness (QED) is 0.497. The van der Waals surface area contributed by atoms with Crippen LogP contribution < -0.4 is 19.5 Å². The number of nitrogens with one attached hydrogen (secondary N) is 2. The number of alkyl halides is 3. The summed E-state index contributed by atoms with van der Waals surface area (Å²) >= 11 is 0. The Morgan fingerprint density at radius 2 is 1.91 bits per heavy atom. The maximum absolute atomic E-state index is 13.0. The molecule has 1 aliphatic rings. The molecule has 2 aromatic rings. The molecule has 2 atom stereocenters. The van der Waals surface area contributed by atoms with Crippen LogP contribution in [0.25, 0.3) is 0 Å². The van der Waals surface area contributed by atoms with E-state index in [0.717, 1.165) is 18.6 Å². The van der Waals surface area contributed by atoms with Crippen LogP contribution in [-0.2, 0) is 19.6 Å². The fraction of sp³-hybridized carbons (Fsp3) is 0.435. The third-order valence-electron chi connectivity index (χ3n) is 5.46. The average molecular weight is 517 g/mol. The lowest BCUT2D eigenvalue weighted by Crippen LogP contribution is -2.36. The van der Waals surface area contributed by atoms with Crippen molar-refractivity contribution in [2.45, 2.75) is 37.9 Å². The molecule has 1 aliphatic heterocycles. The van der Waals surface area contributed by atoms with Crippen LogP contribution >= 0.6 is 0 Å². The van der Waals surface area contributed by atoms with Gasteiger partial charge in [-0.15, -0.1) is 13.2 Å². The maximum atomic E-state index is 13.0. The number of carbonyl (C=O) groups excluding carboxylic acids is 1. The molecule has 1 heterocycles. The van der Waals surface area contributed by atoms with Crippen LogP contribution in [0.3, 0.4) is 0 Å². The Bertz CT molecular complexity index is 1140. The molecule has 1 fully saturated rings. The molecule has 192 valence electrons. The molecular weight excluding hydrogens is 489 g/mol. The van der Waals surface area contributed by atoms with E-state index in [9.17, 15) is 26.4 Å². The first-order valence-corrected chi connectivity index (χ1v) is 12.5. The Morgan fingerprint density at radius 3 is 2.60 bits per heavy atom. The van der Waals surface area contributed by atoms with Crippen molar-refractivity contribution in [1.82, 2.24) is 0 Å². The number of rotatable bonds is 9. The predicted octanol–water partition coefficient (Wildman–Crippen LogP) is 4.79. The van der Waals surface area contributed by atoms with E-state index in [1.807, 2.05) is 6.92 Å². The van der Waals surface area contributed by atoms with E-state index >= 15 is 0 Å². The van der Waals surface area contributed by atoms with Crippen LogP contribution in [-0.4, -0.2) is 40.5 Å². The zero-order valence-corrected chi connectivity index (χ0v) is 20.0. The largest absolute Gasteiger partial charge is 0.573 e. The molecule has 0 aliphatic carbocycles. The highest BCUT2D eigenvalue weighted by Gasteiger charge is 2.32. The third kappa shape index (κ3) is 7.25. The van der Waals surface area contributed by atoms with Gasteiger partial charge in [-0.2, -0.15) is 0 Å². The molecule has 1 saturated heterocycles. The molecule has 2 aromatic carbocycles. The molecule has 12 heteroatoms. The fourth-order valence-corrected chi connectivity index (χ4v) is 5.00. The minimum absolute atomic E-state index is 0.0143. The summed E-state index contributed by atoms with van der Waals surface area (Å²) in [6.45, 7) is 4.81. The summed E-state index contributed by atoms with van der Waals surface area (Å²) in [5, 5.41) is 2.82. The third-order valence-corrected chi connectivity index (χ3v) is 6.88. The van der Waals surface area contributed by atoms with Crippen molar-refractivity contribution in [3.8, 4) is 11.5 Å². The number of ether oxygens (including phenoxy) is 3. The molecular formula is C23H27F3N2O6S. The number of carbonyl (C=O) groups is 1. The summed E-state index contributed by atoms with van der Waals surface area (Å²) in [5.41, 5.74) is 0.232. The Kier molecular flexibility index (Phi) is 8.49. The number of halogens is 3. The molecule has 0 unspecified atom stereocenters. The topological polar surface area (TPSA) is 103 Å². The zero-order valence-electron chi connectivity index (χ0n) is 19.2. The maximum Gasteiger partial charge on any atom is 0.573 e. The SMILES string of the molecule is CCOc1cc(NC(=O)[C@H]2CCOC[C@@H]2CC)ccc1S(=O)(=O)Nc1cccc(OC(F)(F)F)c1. The van der Waals surface area contributed by atoms with Crippen molar-refractivity contribution in [2.24, 2.45) is 11.8 Å². The Morgan fingerprint density at radius 1 is 1.14 bits per heavy atom. The second kappa shape index (κ2) is 11.2. The number of sulfonamides is 1. The molecule has 0 radical (unpaired) electrons. The molecule has 0 spiro atoms. The summed E-state index contributed by atoms with van der Waals surface area (Å²) in [6, 6.07) is 8.57. The zero-order chi connectivity index (χ0) is 25.6. The van der Waals surface area contributed by atoms with Gasteiger partial charge in [-0.1, -0.05) is 19.4 Å². The van der Waals surface area contributed by atoms with E-state index in [0.29, 0.717) is 25.3 Å². The van der Waals surface area contributed by atoms with E-state index in [-0.39, 0.29) is 40.7 Å². The van der Waals surface area contributed by atoms with Gasteiger partial charge in [0, 0.05) is 30.3 Å². The first-order chi connectivity index (χ1) is 16.5. The summed E-state index contributed by atoms with van der Waals surface area (Å²) in [6.07, 6.45) is -3.53. The fourth-order valence-electron chi connectivity index (χ4n) is 3.82. The number of hydrogen-bond donors (Lipinski definition) is 2. The van der Waals surface area contributed by atoms with Crippen molar-refractivity contribution in [3.63, 3.8) is 0 Å². The Hall–Kier alpha value is -2.99. The Labute approximate surface area is 201 Å². The van der Waals surface area contributed by atoms with Gasteiger partial charge in [0.15, 0.2) is 0 Å². The van der Waals surface area contributed by atoms with Crippen LogP contribution in [0, 0.1) is 11.8 Å². The molecule has 1 amide bonds. The molecule has 2 N–H and O–H groups in total. The number of benzene rings is 2. The molecule has 3 rings (SSSR count). The summed E-state index contributed by atoms with van der Waals surface area (Å²) in [5.74, 6) is -0.895. The van der Waals surface area contributed by atoms with Crippen LogP contribution in [0.2, 0.25) is 0 Å². The van der Waals surface area contributed by atoms with Gasteiger partial charge in [-0.05, 0) is 43.5 Å². The van der Waals surface area contributed by atoms with Gasteiger partial charge in [0.1, 0.15) is 16.4 Å². The van der Waals surface area contributed by atoms with Crippen LogP contribution in [0.1, 0.15) is 26.7 Å². The summed E-state index contributed by atoms with van der Waals surface area (Å²) < 4.78 is 80.5. The second-order valence-electron chi connectivity index (χ2n) is 7.90. The number of amides is 1. The number of anilines is 2. The van der Waals surface area contributed by atoms with E-state index in [1.54, 1.807) is 6.92 Å².